The Morgan fingerprint density at radius 2 is 1.82 bits per heavy atom. The van der Waals surface area contributed by atoms with E-state index in [1.807, 2.05) is 0 Å². The molecule has 1 aliphatic rings. The molecule has 1 atom stereocenters. The Bertz CT molecular complexity index is 781. The SMILES string of the molecule is CCC(CNC(=O)Nc1ccccc1Oc1ccccc1F)N1CCOCC1. The number of amides is 2. The summed E-state index contributed by atoms with van der Waals surface area (Å²) >= 11 is 0. The molecule has 3 rings (SSSR count). The Morgan fingerprint density at radius 3 is 2.54 bits per heavy atom. The summed E-state index contributed by atoms with van der Waals surface area (Å²) in [6, 6.07) is 13.1. The number of hydrogen-bond donors (Lipinski definition) is 2. The van der Waals surface area contributed by atoms with Gasteiger partial charge in [-0.25, -0.2) is 9.18 Å². The molecule has 1 saturated heterocycles. The van der Waals surface area contributed by atoms with Crippen LogP contribution in [-0.4, -0.2) is 49.8 Å². The van der Waals surface area contributed by atoms with E-state index in [1.165, 1.54) is 6.07 Å². The third kappa shape index (κ3) is 5.43. The zero-order valence-corrected chi connectivity index (χ0v) is 16.0. The van der Waals surface area contributed by atoms with E-state index >= 15 is 0 Å². The summed E-state index contributed by atoms with van der Waals surface area (Å²) in [5.74, 6) is 0.0246. The van der Waals surface area contributed by atoms with Crippen LogP contribution in [0.25, 0.3) is 0 Å². The molecule has 1 fully saturated rings. The molecule has 2 aromatic rings. The third-order valence-corrected chi connectivity index (χ3v) is 4.72. The minimum atomic E-state index is -0.460. The molecule has 0 aromatic heterocycles. The van der Waals surface area contributed by atoms with Crippen LogP contribution in [0.15, 0.2) is 48.5 Å². The van der Waals surface area contributed by atoms with Crippen molar-refractivity contribution in [1.29, 1.82) is 0 Å². The quantitative estimate of drug-likeness (QED) is 0.758. The van der Waals surface area contributed by atoms with E-state index in [1.54, 1.807) is 42.5 Å². The van der Waals surface area contributed by atoms with Crippen molar-refractivity contribution in [2.45, 2.75) is 19.4 Å². The molecule has 6 nitrogen and oxygen atoms in total. The van der Waals surface area contributed by atoms with Crippen LogP contribution in [0.1, 0.15) is 13.3 Å². The van der Waals surface area contributed by atoms with Gasteiger partial charge in [0.05, 0.1) is 18.9 Å². The molecule has 1 unspecified atom stereocenters. The number of urea groups is 1. The van der Waals surface area contributed by atoms with Crippen molar-refractivity contribution < 1.29 is 18.7 Å². The number of carbonyl (C=O) groups excluding carboxylic acids is 1. The highest BCUT2D eigenvalue weighted by atomic mass is 19.1. The topological polar surface area (TPSA) is 62.8 Å². The van der Waals surface area contributed by atoms with Gasteiger partial charge in [-0.1, -0.05) is 31.2 Å². The maximum atomic E-state index is 13.9. The minimum Gasteiger partial charge on any atom is -0.452 e. The first-order chi connectivity index (χ1) is 13.7. The average Bonchev–Trinajstić information content (AvgIpc) is 2.72. The molecule has 0 bridgehead atoms. The molecule has 150 valence electrons. The van der Waals surface area contributed by atoms with Gasteiger partial charge in [-0.15, -0.1) is 0 Å². The zero-order chi connectivity index (χ0) is 19.8. The van der Waals surface area contributed by atoms with Crippen LogP contribution < -0.4 is 15.4 Å². The van der Waals surface area contributed by atoms with E-state index < -0.39 is 5.82 Å². The molecule has 2 aromatic carbocycles. The van der Waals surface area contributed by atoms with Crippen molar-refractivity contribution in [3.05, 3.63) is 54.3 Å². The van der Waals surface area contributed by atoms with Crippen molar-refractivity contribution >= 4 is 11.7 Å². The fourth-order valence-corrected chi connectivity index (χ4v) is 3.16. The number of hydrogen-bond acceptors (Lipinski definition) is 4. The molecule has 0 spiro atoms. The summed E-state index contributed by atoms with van der Waals surface area (Å²) in [5.41, 5.74) is 0.475. The number of para-hydroxylation sites is 3. The molecule has 7 heteroatoms. The second-order valence-corrected chi connectivity index (χ2v) is 6.57. The van der Waals surface area contributed by atoms with Crippen molar-refractivity contribution in [1.82, 2.24) is 10.2 Å². The smallest absolute Gasteiger partial charge is 0.319 e. The molecule has 0 radical (unpaired) electrons. The maximum Gasteiger partial charge on any atom is 0.319 e. The lowest BCUT2D eigenvalue weighted by Gasteiger charge is -2.34. The molecular formula is C21H26FN3O3. The first kappa shape index (κ1) is 20.1. The predicted molar refractivity (Wildman–Crippen MR) is 106 cm³/mol. The van der Waals surface area contributed by atoms with Gasteiger partial charge >= 0.3 is 6.03 Å². The lowest BCUT2D eigenvalue weighted by Crippen LogP contribution is -2.49. The number of ether oxygens (including phenoxy) is 2. The van der Waals surface area contributed by atoms with Crippen molar-refractivity contribution in [2.75, 3.05) is 38.2 Å². The van der Waals surface area contributed by atoms with Crippen LogP contribution in [0, 0.1) is 5.82 Å². The number of morpholine rings is 1. The molecule has 2 amide bonds. The van der Waals surface area contributed by atoms with E-state index in [4.69, 9.17) is 9.47 Å². The van der Waals surface area contributed by atoms with Gasteiger partial charge in [0.2, 0.25) is 0 Å². The Labute approximate surface area is 164 Å². The monoisotopic (exact) mass is 387 g/mol. The molecule has 28 heavy (non-hydrogen) atoms. The Hall–Kier alpha value is -2.64. The van der Waals surface area contributed by atoms with Crippen LogP contribution in [0.5, 0.6) is 11.5 Å². The molecule has 0 saturated carbocycles. The van der Waals surface area contributed by atoms with Gasteiger partial charge in [0.15, 0.2) is 17.3 Å². The minimum absolute atomic E-state index is 0.107. The lowest BCUT2D eigenvalue weighted by atomic mass is 10.2. The molecular weight excluding hydrogens is 361 g/mol. The van der Waals surface area contributed by atoms with Crippen molar-refractivity contribution in [3.8, 4) is 11.5 Å². The van der Waals surface area contributed by atoms with Crippen LogP contribution in [0.2, 0.25) is 0 Å². The van der Waals surface area contributed by atoms with Gasteiger partial charge in [-0.3, -0.25) is 4.90 Å². The highest BCUT2D eigenvalue weighted by Gasteiger charge is 2.20. The summed E-state index contributed by atoms with van der Waals surface area (Å²) in [5, 5.41) is 5.71. The van der Waals surface area contributed by atoms with Gasteiger partial charge in [0.25, 0.3) is 0 Å². The number of halogens is 1. The van der Waals surface area contributed by atoms with Crippen molar-refractivity contribution in [2.24, 2.45) is 0 Å². The highest BCUT2D eigenvalue weighted by Crippen LogP contribution is 2.30. The van der Waals surface area contributed by atoms with Crippen molar-refractivity contribution in [3.63, 3.8) is 0 Å². The molecule has 2 N–H and O–H groups in total. The van der Waals surface area contributed by atoms with Gasteiger partial charge in [0.1, 0.15) is 0 Å². The average molecular weight is 387 g/mol. The van der Waals surface area contributed by atoms with Gasteiger partial charge < -0.3 is 20.1 Å². The third-order valence-electron chi connectivity index (χ3n) is 4.72. The largest absolute Gasteiger partial charge is 0.452 e. The predicted octanol–water partition coefficient (Wildman–Crippen LogP) is 3.85. The number of benzene rings is 2. The first-order valence-corrected chi connectivity index (χ1v) is 9.55. The standard InChI is InChI=1S/C21H26FN3O3/c1-2-16(25-11-13-27-14-12-25)15-23-21(26)24-18-8-4-6-10-20(18)28-19-9-5-3-7-17(19)22/h3-10,16H,2,11-15H2,1H3,(H2,23,24,26). The van der Waals surface area contributed by atoms with Gasteiger partial charge in [-0.05, 0) is 30.7 Å². The summed E-state index contributed by atoms with van der Waals surface area (Å²) in [7, 11) is 0. The van der Waals surface area contributed by atoms with Gasteiger partial charge in [0, 0.05) is 25.7 Å². The fraction of sp³-hybridized carbons (Fsp3) is 0.381. The van der Waals surface area contributed by atoms with Crippen LogP contribution >= 0.6 is 0 Å². The Balaban J connectivity index is 1.58. The zero-order valence-electron chi connectivity index (χ0n) is 16.0. The normalized spacial score (nSPS) is 15.6. The summed E-state index contributed by atoms with van der Waals surface area (Å²) < 4.78 is 24.9. The van der Waals surface area contributed by atoms with E-state index in [-0.39, 0.29) is 17.8 Å². The van der Waals surface area contributed by atoms with E-state index in [2.05, 4.69) is 22.5 Å². The Morgan fingerprint density at radius 1 is 1.14 bits per heavy atom. The fourth-order valence-electron chi connectivity index (χ4n) is 3.16. The van der Waals surface area contributed by atoms with Crippen LogP contribution in [0.4, 0.5) is 14.9 Å². The summed E-state index contributed by atoms with van der Waals surface area (Å²) in [4.78, 5) is 14.7. The molecule has 1 heterocycles. The van der Waals surface area contributed by atoms with Crippen LogP contribution in [0.3, 0.4) is 0 Å². The number of carbonyl (C=O) groups is 1. The first-order valence-electron chi connectivity index (χ1n) is 9.55. The second kappa shape index (κ2) is 10.1. The van der Waals surface area contributed by atoms with E-state index in [9.17, 15) is 9.18 Å². The number of nitrogens with zero attached hydrogens (tertiary/aromatic N) is 1. The molecule has 1 aliphatic heterocycles. The Kier molecular flexibility index (Phi) is 7.22. The van der Waals surface area contributed by atoms with Crippen LogP contribution in [-0.2, 0) is 4.74 Å². The maximum absolute atomic E-state index is 13.9. The number of anilines is 1. The van der Waals surface area contributed by atoms with E-state index in [0.717, 1.165) is 32.7 Å². The summed E-state index contributed by atoms with van der Waals surface area (Å²) in [6.07, 6.45) is 0.938. The molecule has 0 aliphatic carbocycles. The lowest BCUT2D eigenvalue weighted by molar-refractivity contribution is 0.0165. The second-order valence-electron chi connectivity index (χ2n) is 6.57. The summed E-state index contributed by atoms with van der Waals surface area (Å²) in [6.45, 7) is 5.85. The number of rotatable bonds is 7. The highest BCUT2D eigenvalue weighted by molar-refractivity contribution is 5.91. The van der Waals surface area contributed by atoms with E-state index in [0.29, 0.717) is 18.0 Å². The van der Waals surface area contributed by atoms with Gasteiger partial charge in [-0.2, -0.15) is 0 Å². The number of nitrogens with one attached hydrogen (secondary N) is 2.